The van der Waals surface area contributed by atoms with E-state index >= 15 is 0 Å². The quantitative estimate of drug-likeness (QED) is 0.829. The average Bonchev–Trinajstić information content (AvgIpc) is 3.15. The lowest BCUT2D eigenvalue weighted by Crippen LogP contribution is -2.44. The second-order valence-electron chi connectivity index (χ2n) is 8.28. The van der Waals surface area contributed by atoms with Crippen LogP contribution in [0.5, 0.6) is 0 Å². The van der Waals surface area contributed by atoms with Crippen LogP contribution in [0.3, 0.4) is 0 Å². The third-order valence-corrected chi connectivity index (χ3v) is 6.28. The summed E-state index contributed by atoms with van der Waals surface area (Å²) in [4.78, 5) is 8.93. The standard InChI is InChI=1S/C23H31FN4/c1-27-11-13-28(14-12-27)23-9-8-18(15-21(23)24)17-26-22-7-4-5-19(22)16-20-6-2-3-10-25-20/h2-3,6,8-10,15,19,22,26H,4-5,7,11-14,16-17H2,1H3. The molecule has 1 aliphatic heterocycles. The van der Waals surface area contributed by atoms with Crippen LogP contribution in [0.1, 0.15) is 30.5 Å². The molecule has 2 atom stereocenters. The fourth-order valence-corrected chi connectivity index (χ4v) is 4.55. The minimum absolute atomic E-state index is 0.0969. The zero-order valence-corrected chi connectivity index (χ0v) is 16.8. The highest BCUT2D eigenvalue weighted by Crippen LogP contribution is 2.29. The number of halogens is 1. The molecular formula is C23H31FN4. The highest BCUT2D eigenvalue weighted by molar-refractivity contribution is 5.49. The lowest BCUT2D eigenvalue weighted by atomic mass is 9.97. The molecule has 150 valence electrons. The lowest BCUT2D eigenvalue weighted by Gasteiger charge is -2.34. The van der Waals surface area contributed by atoms with Gasteiger partial charge in [0.15, 0.2) is 0 Å². The Kier molecular flexibility index (Phi) is 6.23. The molecular weight excluding hydrogens is 351 g/mol. The first-order chi connectivity index (χ1) is 13.7. The maximum atomic E-state index is 14.7. The van der Waals surface area contributed by atoms with Crippen molar-refractivity contribution in [1.29, 1.82) is 0 Å². The first-order valence-electron chi connectivity index (χ1n) is 10.5. The molecule has 1 N–H and O–H groups in total. The maximum absolute atomic E-state index is 14.7. The summed E-state index contributed by atoms with van der Waals surface area (Å²) in [6.07, 6.45) is 6.59. The largest absolute Gasteiger partial charge is 0.367 e. The SMILES string of the molecule is CN1CCN(c2ccc(CNC3CCCC3Cc3ccccn3)cc2F)CC1. The van der Waals surface area contributed by atoms with Crippen LogP contribution in [-0.4, -0.2) is 49.2 Å². The van der Waals surface area contributed by atoms with Gasteiger partial charge >= 0.3 is 0 Å². The molecule has 5 heteroatoms. The van der Waals surface area contributed by atoms with Gasteiger partial charge in [-0.3, -0.25) is 4.98 Å². The topological polar surface area (TPSA) is 31.4 Å². The van der Waals surface area contributed by atoms with Crippen LogP contribution in [-0.2, 0) is 13.0 Å². The van der Waals surface area contributed by atoms with E-state index in [-0.39, 0.29) is 5.82 Å². The van der Waals surface area contributed by atoms with E-state index in [2.05, 4.69) is 45.3 Å². The first-order valence-corrected chi connectivity index (χ1v) is 10.5. The van der Waals surface area contributed by atoms with Crippen LogP contribution in [0.15, 0.2) is 42.6 Å². The van der Waals surface area contributed by atoms with Gasteiger partial charge in [0.25, 0.3) is 0 Å². The van der Waals surface area contributed by atoms with Gasteiger partial charge in [0.2, 0.25) is 0 Å². The molecule has 2 heterocycles. The highest BCUT2D eigenvalue weighted by atomic mass is 19.1. The normalized spacial score (nSPS) is 23.3. The van der Waals surface area contributed by atoms with Crippen molar-refractivity contribution in [2.75, 3.05) is 38.1 Å². The number of anilines is 1. The van der Waals surface area contributed by atoms with Crippen LogP contribution in [0.2, 0.25) is 0 Å². The van der Waals surface area contributed by atoms with E-state index < -0.39 is 0 Å². The Morgan fingerprint density at radius 3 is 2.71 bits per heavy atom. The molecule has 2 aromatic rings. The lowest BCUT2D eigenvalue weighted by molar-refractivity contribution is 0.311. The molecule has 0 amide bonds. The maximum Gasteiger partial charge on any atom is 0.146 e. The molecule has 2 aliphatic rings. The number of piperazine rings is 1. The monoisotopic (exact) mass is 382 g/mol. The summed E-state index contributed by atoms with van der Waals surface area (Å²) in [5.41, 5.74) is 2.94. The van der Waals surface area contributed by atoms with Gasteiger partial charge < -0.3 is 15.1 Å². The fraction of sp³-hybridized carbons (Fsp3) is 0.522. The van der Waals surface area contributed by atoms with E-state index in [0.29, 0.717) is 12.0 Å². The summed E-state index contributed by atoms with van der Waals surface area (Å²) in [5, 5.41) is 3.69. The van der Waals surface area contributed by atoms with Gasteiger partial charge in [0.1, 0.15) is 5.82 Å². The summed E-state index contributed by atoms with van der Waals surface area (Å²) in [6, 6.07) is 12.4. The van der Waals surface area contributed by atoms with Gasteiger partial charge in [0.05, 0.1) is 5.69 Å². The Morgan fingerprint density at radius 2 is 1.96 bits per heavy atom. The Balaban J connectivity index is 1.33. The van der Waals surface area contributed by atoms with E-state index in [9.17, 15) is 4.39 Å². The number of rotatable bonds is 6. The number of benzene rings is 1. The fourth-order valence-electron chi connectivity index (χ4n) is 4.55. The van der Waals surface area contributed by atoms with Crippen molar-refractivity contribution >= 4 is 5.69 Å². The van der Waals surface area contributed by atoms with Crippen LogP contribution < -0.4 is 10.2 Å². The predicted octanol–water partition coefficient (Wildman–Crippen LogP) is 3.47. The van der Waals surface area contributed by atoms with Crippen molar-refractivity contribution in [1.82, 2.24) is 15.2 Å². The number of nitrogens with zero attached hydrogens (tertiary/aromatic N) is 3. The van der Waals surface area contributed by atoms with E-state index in [1.165, 1.54) is 25.0 Å². The zero-order valence-electron chi connectivity index (χ0n) is 16.8. The molecule has 28 heavy (non-hydrogen) atoms. The highest BCUT2D eigenvalue weighted by Gasteiger charge is 2.27. The number of nitrogens with one attached hydrogen (secondary N) is 1. The summed E-state index contributed by atoms with van der Waals surface area (Å²) in [6.45, 7) is 4.48. The molecule has 1 aliphatic carbocycles. The van der Waals surface area contributed by atoms with Crippen LogP contribution >= 0.6 is 0 Å². The van der Waals surface area contributed by atoms with E-state index in [1.807, 2.05) is 18.3 Å². The van der Waals surface area contributed by atoms with Gasteiger partial charge in [-0.15, -0.1) is 0 Å². The molecule has 0 radical (unpaired) electrons. The Labute approximate surface area is 167 Å². The second-order valence-corrected chi connectivity index (χ2v) is 8.28. The van der Waals surface area contributed by atoms with Crippen molar-refractivity contribution in [3.05, 3.63) is 59.7 Å². The number of hydrogen-bond acceptors (Lipinski definition) is 4. The van der Waals surface area contributed by atoms with Gasteiger partial charge in [-0.1, -0.05) is 18.6 Å². The molecule has 1 aromatic carbocycles. The summed E-state index contributed by atoms with van der Waals surface area (Å²) in [7, 11) is 2.12. The molecule has 2 fully saturated rings. The summed E-state index contributed by atoms with van der Waals surface area (Å²) < 4.78 is 14.7. The molecule has 0 spiro atoms. The van der Waals surface area contributed by atoms with Crippen molar-refractivity contribution < 1.29 is 4.39 Å². The van der Waals surface area contributed by atoms with Crippen LogP contribution in [0, 0.1) is 11.7 Å². The zero-order chi connectivity index (χ0) is 19.3. The summed E-state index contributed by atoms with van der Waals surface area (Å²) in [5.74, 6) is 0.518. The summed E-state index contributed by atoms with van der Waals surface area (Å²) >= 11 is 0. The van der Waals surface area contributed by atoms with Crippen molar-refractivity contribution in [3.63, 3.8) is 0 Å². The van der Waals surface area contributed by atoms with Crippen molar-refractivity contribution in [2.24, 2.45) is 5.92 Å². The third-order valence-electron chi connectivity index (χ3n) is 6.28. The first kappa shape index (κ1) is 19.3. The Bertz CT molecular complexity index is 758. The predicted molar refractivity (Wildman–Crippen MR) is 112 cm³/mol. The van der Waals surface area contributed by atoms with Gasteiger partial charge in [-0.05, 0) is 62.1 Å². The minimum atomic E-state index is -0.0969. The van der Waals surface area contributed by atoms with E-state index in [0.717, 1.165) is 50.4 Å². The molecule has 4 nitrogen and oxygen atoms in total. The molecule has 1 saturated heterocycles. The molecule has 1 saturated carbocycles. The van der Waals surface area contributed by atoms with Crippen LogP contribution in [0.4, 0.5) is 10.1 Å². The number of pyridine rings is 1. The average molecular weight is 383 g/mol. The molecule has 0 bridgehead atoms. The Hall–Kier alpha value is -1.98. The van der Waals surface area contributed by atoms with E-state index in [4.69, 9.17) is 0 Å². The molecule has 1 aromatic heterocycles. The molecule has 4 rings (SSSR count). The van der Waals surface area contributed by atoms with Crippen molar-refractivity contribution in [2.45, 2.75) is 38.3 Å². The molecule has 2 unspecified atom stereocenters. The van der Waals surface area contributed by atoms with Gasteiger partial charge in [-0.25, -0.2) is 4.39 Å². The smallest absolute Gasteiger partial charge is 0.146 e. The number of aromatic nitrogens is 1. The van der Waals surface area contributed by atoms with Crippen LogP contribution in [0.25, 0.3) is 0 Å². The van der Waals surface area contributed by atoms with Gasteiger partial charge in [-0.2, -0.15) is 0 Å². The number of hydrogen-bond donors (Lipinski definition) is 1. The third kappa shape index (κ3) is 4.70. The van der Waals surface area contributed by atoms with E-state index in [1.54, 1.807) is 6.07 Å². The van der Waals surface area contributed by atoms with Gasteiger partial charge in [0, 0.05) is 50.7 Å². The minimum Gasteiger partial charge on any atom is -0.367 e. The Morgan fingerprint density at radius 1 is 1.11 bits per heavy atom. The second kappa shape index (κ2) is 9.01. The number of likely N-dealkylation sites (N-methyl/N-ethyl adjacent to an activating group) is 1. The van der Waals surface area contributed by atoms with Crippen molar-refractivity contribution in [3.8, 4) is 0 Å².